The Bertz CT molecular complexity index is 595. The molecule has 1 heterocycles. The number of aromatic nitrogens is 1. The van der Waals surface area contributed by atoms with Crippen LogP contribution in [0.25, 0.3) is 0 Å². The zero-order chi connectivity index (χ0) is 13.8. The Hall–Kier alpha value is -1.82. The minimum atomic E-state index is -0.495. The highest BCUT2D eigenvalue weighted by molar-refractivity contribution is 9.10. The molecule has 0 aliphatic carbocycles. The summed E-state index contributed by atoms with van der Waals surface area (Å²) in [6, 6.07) is 6.06. The summed E-state index contributed by atoms with van der Waals surface area (Å²) < 4.78 is 11.0. The zero-order valence-electron chi connectivity index (χ0n) is 10.6. The van der Waals surface area contributed by atoms with Gasteiger partial charge in [-0.2, -0.15) is 4.98 Å². The fourth-order valence-electron chi connectivity index (χ4n) is 1.47. The van der Waals surface area contributed by atoms with Crippen molar-refractivity contribution in [1.82, 2.24) is 4.98 Å². The van der Waals surface area contributed by atoms with E-state index in [2.05, 4.69) is 26.2 Å². The molecule has 0 amide bonds. The van der Waals surface area contributed by atoms with Crippen LogP contribution in [0.5, 0.6) is 0 Å². The van der Waals surface area contributed by atoms with E-state index in [4.69, 9.17) is 9.15 Å². The summed E-state index contributed by atoms with van der Waals surface area (Å²) >= 11 is 3.39. The summed E-state index contributed by atoms with van der Waals surface area (Å²) in [5.74, 6) is -0.495. The number of esters is 1. The van der Waals surface area contributed by atoms with Gasteiger partial charge in [-0.3, -0.25) is 0 Å². The lowest BCUT2D eigenvalue weighted by Crippen LogP contribution is -2.05. The number of hydrogen-bond acceptors (Lipinski definition) is 5. The Morgan fingerprint density at radius 2 is 2.32 bits per heavy atom. The number of nitrogens with one attached hydrogen (secondary N) is 1. The highest BCUT2D eigenvalue weighted by atomic mass is 79.9. The van der Waals surface area contributed by atoms with Crippen molar-refractivity contribution in [2.75, 3.05) is 11.9 Å². The SMILES string of the molecule is CCOC(=O)c1coc(Nc2cc(Br)ccc2C)n1. The van der Waals surface area contributed by atoms with Crippen molar-refractivity contribution in [2.45, 2.75) is 13.8 Å². The van der Waals surface area contributed by atoms with Crippen LogP contribution in [0.4, 0.5) is 11.7 Å². The number of rotatable bonds is 4. The Balaban J connectivity index is 2.15. The quantitative estimate of drug-likeness (QED) is 0.869. The van der Waals surface area contributed by atoms with Gasteiger partial charge in [-0.1, -0.05) is 22.0 Å². The predicted octanol–water partition coefficient (Wildman–Crippen LogP) is 3.67. The lowest BCUT2D eigenvalue weighted by atomic mass is 10.2. The second-order valence-corrected chi connectivity index (χ2v) is 4.76. The van der Waals surface area contributed by atoms with E-state index in [-0.39, 0.29) is 11.7 Å². The minimum Gasteiger partial charge on any atom is -0.461 e. The molecule has 0 bridgehead atoms. The average Bonchev–Trinajstić information content (AvgIpc) is 2.83. The Morgan fingerprint density at radius 3 is 3.05 bits per heavy atom. The molecule has 6 heteroatoms. The molecule has 0 spiro atoms. The molecule has 0 atom stereocenters. The molecule has 2 rings (SSSR count). The van der Waals surface area contributed by atoms with Crippen molar-refractivity contribution in [1.29, 1.82) is 0 Å². The van der Waals surface area contributed by atoms with Crippen molar-refractivity contribution in [3.05, 3.63) is 40.2 Å². The third-order valence-electron chi connectivity index (χ3n) is 2.43. The molecule has 1 N–H and O–H groups in total. The topological polar surface area (TPSA) is 64.4 Å². The van der Waals surface area contributed by atoms with Gasteiger partial charge < -0.3 is 14.5 Å². The first kappa shape index (κ1) is 13.6. The molecule has 0 saturated carbocycles. The summed E-state index contributed by atoms with van der Waals surface area (Å²) in [6.07, 6.45) is 1.27. The molecule has 0 aliphatic rings. The lowest BCUT2D eigenvalue weighted by Gasteiger charge is -2.05. The summed E-state index contributed by atoms with van der Waals surface area (Å²) in [5, 5.41) is 3.01. The maximum atomic E-state index is 11.5. The smallest absolute Gasteiger partial charge is 0.360 e. The fourth-order valence-corrected chi connectivity index (χ4v) is 1.84. The number of halogens is 1. The predicted molar refractivity (Wildman–Crippen MR) is 74.6 cm³/mol. The number of hydrogen-bond donors (Lipinski definition) is 1. The summed E-state index contributed by atoms with van der Waals surface area (Å²) in [7, 11) is 0. The van der Waals surface area contributed by atoms with Crippen LogP contribution in [-0.2, 0) is 4.74 Å². The molecule has 19 heavy (non-hydrogen) atoms. The van der Waals surface area contributed by atoms with Crippen LogP contribution >= 0.6 is 15.9 Å². The number of aryl methyl sites for hydroxylation is 1. The number of anilines is 2. The van der Waals surface area contributed by atoms with Crippen LogP contribution in [0, 0.1) is 6.92 Å². The van der Waals surface area contributed by atoms with Gasteiger partial charge in [-0.15, -0.1) is 0 Å². The molecule has 0 radical (unpaired) electrons. The van der Waals surface area contributed by atoms with Crippen molar-refractivity contribution < 1.29 is 13.9 Å². The Kier molecular flexibility index (Phi) is 4.21. The van der Waals surface area contributed by atoms with Crippen LogP contribution < -0.4 is 5.32 Å². The van der Waals surface area contributed by atoms with E-state index < -0.39 is 5.97 Å². The van der Waals surface area contributed by atoms with Gasteiger partial charge in [0, 0.05) is 10.2 Å². The highest BCUT2D eigenvalue weighted by Crippen LogP contribution is 2.24. The molecular weight excluding hydrogens is 312 g/mol. The maximum absolute atomic E-state index is 11.5. The van der Waals surface area contributed by atoms with E-state index in [0.717, 1.165) is 15.7 Å². The van der Waals surface area contributed by atoms with Crippen molar-refractivity contribution in [3.63, 3.8) is 0 Å². The molecule has 1 aromatic heterocycles. The van der Waals surface area contributed by atoms with Crippen LogP contribution in [0.3, 0.4) is 0 Å². The van der Waals surface area contributed by atoms with E-state index in [1.165, 1.54) is 6.26 Å². The van der Waals surface area contributed by atoms with Gasteiger partial charge in [-0.25, -0.2) is 4.79 Å². The van der Waals surface area contributed by atoms with Crippen LogP contribution in [-0.4, -0.2) is 17.6 Å². The number of oxazole rings is 1. The van der Waals surface area contributed by atoms with E-state index in [0.29, 0.717) is 6.61 Å². The van der Waals surface area contributed by atoms with E-state index >= 15 is 0 Å². The number of carbonyl (C=O) groups excluding carboxylic acids is 1. The van der Waals surface area contributed by atoms with Gasteiger partial charge in [0.25, 0.3) is 6.01 Å². The molecule has 0 aliphatic heterocycles. The number of benzene rings is 1. The van der Waals surface area contributed by atoms with Crippen LogP contribution in [0.2, 0.25) is 0 Å². The van der Waals surface area contributed by atoms with E-state index in [1.807, 2.05) is 25.1 Å². The Morgan fingerprint density at radius 1 is 1.53 bits per heavy atom. The maximum Gasteiger partial charge on any atom is 0.360 e. The fraction of sp³-hybridized carbons (Fsp3) is 0.231. The molecular formula is C13H13BrN2O3. The van der Waals surface area contributed by atoms with E-state index in [1.54, 1.807) is 6.92 Å². The van der Waals surface area contributed by atoms with Crippen LogP contribution in [0.1, 0.15) is 23.0 Å². The molecule has 5 nitrogen and oxygen atoms in total. The first-order valence-electron chi connectivity index (χ1n) is 5.76. The first-order valence-corrected chi connectivity index (χ1v) is 6.55. The van der Waals surface area contributed by atoms with Crippen LogP contribution in [0.15, 0.2) is 33.4 Å². The lowest BCUT2D eigenvalue weighted by molar-refractivity contribution is 0.0519. The number of ether oxygens (including phenoxy) is 1. The Labute approximate surface area is 119 Å². The molecule has 100 valence electrons. The average molecular weight is 325 g/mol. The normalized spacial score (nSPS) is 10.3. The standard InChI is InChI=1S/C13H13BrN2O3/c1-3-18-12(17)11-7-19-13(16-11)15-10-6-9(14)5-4-8(10)2/h4-7H,3H2,1-2H3,(H,15,16). The molecule has 0 fully saturated rings. The number of carbonyl (C=O) groups is 1. The molecule has 2 aromatic rings. The summed E-state index contributed by atoms with van der Waals surface area (Å²) in [5.41, 5.74) is 2.04. The molecule has 0 unspecified atom stereocenters. The van der Waals surface area contributed by atoms with Gasteiger partial charge in [0.15, 0.2) is 5.69 Å². The summed E-state index contributed by atoms with van der Waals surface area (Å²) in [4.78, 5) is 15.5. The third kappa shape index (κ3) is 3.35. The molecule has 1 aromatic carbocycles. The summed E-state index contributed by atoms with van der Waals surface area (Å²) in [6.45, 7) is 4.01. The van der Waals surface area contributed by atoms with Gasteiger partial charge in [-0.05, 0) is 31.5 Å². The van der Waals surface area contributed by atoms with E-state index in [9.17, 15) is 4.79 Å². The van der Waals surface area contributed by atoms with Crippen molar-refractivity contribution in [3.8, 4) is 0 Å². The molecule has 0 saturated heterocycles. The van der Waals surface area contributed by atoms with Gasteiger partial charge in [0.1, 0.15) is 6.26 Å². The highest BCUT2D eigenvalue weighted by Gasteiger charge is 2.13. The second-order valence-electron chi connectivity index (χ2n) is 3.84. The van der Waals surface area contributed by atoms with Gasteiger partial charge in [0.05, 0.1) is 6.61 Å². The largest absolute Gasteiger partial charge is 0.461 e. The number of nitrogens with zero attached hydrogens (tertiary/aromatic N) is 1. The monoisotopic (exact) mass is 324 g/mol. The van der Waals surface area contributed by atoms with Crippen molar-refractivity contribution >= 4 is 33.6 Å². The zero-order valence-corrected chi connectivity index (χ0v) is 12.2. The third-order valence-corrected chi connectivity index (χ3v) is 2.92. The minimum absolute atomic E-state index is 0.150. The first-order chi connectivity index (χ1) is 9.10. The van der Waals surface area contributed by atoms with Gasteiger partial charge in [0.2, 0.25) is 0 Å². The van der Waals surface area contributed by atoms with Gasteiger partial charge >= 0.3 is 5.97 Å². The second kappa shape index (κ2) is 5.88. The van der Waals surface area contributed by atoms with Crippen molar-refractivity contribution in [2.24, 2.45) is 0 Å².